The normalized spacial score (nSPS) is 11.9. The minimum absolute atomic E-state index is 0.00989. The molecule has 0 radical (unpaired) electrons. The fourth-order valence-electron chi connectivity index (χ4n) is 1.32. The predicted molar refractivity (Wildman–Crippen MR) is 61.0 cm³/mol. The second-order valence-corrected chi connectivity index (χ2v) is 3.68. The van der Waals surface area contributed by atoms with Crippen LogP contribution in [-0.2, 0) is 0 Å². The Morgan fingerprint density at radius 1 is 1.44 bits per heavy atom. The van der Waals surface area contributed by atoms with E-state index in [2.05, 4.69) is 21.6 Å². The second kappa shape index (κ2) is 5.42. The summed E-state index contributed by atoms with van der Waals surface area (Å²) >= 11 is 0. The van der Waals surface area contributed by atoms with Crippen molar-refractivity contribution < 1.29 is 5.11 Å². The molecule has 1 rings (SSSR count). The first-order valence-corrected chi connectivity index (χ1v) is 5.25. The fourth-order valence-corrected chi connectivity index (χ4v) is 1.32. The Morgan fingerprint density at radius 3 is 2.62 bits per heavy atom. The van der Waals surface area contributed by atoms with Gasteiger partial charge in [-0.3, -0.25) is 0 Å². The van der Waals surface area contributed by atoms with Crippen molar-refractivity contribution in [1.82, 2.24) is 10.2 Å². The SMILES string of the molecule is CC[C@@H](CO)Nc1nnc(C)c(C)c1C#N. The highest BCUT2D eigenvalue weighted by molar-refractivity contribution is 5.56. The van der Waals surface area contributed by atoms with Gasteiger partial charge in [0, 0.05) is 0 Å². The van der Waals surface area contributed by atoms with Crippen molar-refractivity contribution >= 4 is 5.82 Å². The van der Waals surface area contributed by atoms with E-state index in [0.29, 0.717) is 11.4 Å². The molecule has 0 saturated heterocycles. The smallest absolute Gasteiger partial charge is 0.167 e. The number of anilines is 1. The minimum Gasteiger partial charge on any atom is -0.394 e. The van der Waals surface area contributed by atoms with Gasteiger partial charge < -0.3 is 10.4 Å². The van der Waals surface area contributed by atoms with Gasteiger partial charge in [-0.15, -0.1) is 5.10 Å². The number of aliphatic hydroxyl groups is 1. The van der Waals surface area contributed by atoms with E-state index in [1.165, 1.54) is 0 Å². The van der Waals surface area contributed by atoms with E-state index in [-0.39, 0.29) is 12.6 Å². The standard InChI is InChI=1S/C11H16N4O/c1-4-9(6-16)13-11-10(5-12)7(2)8(3)14-15-11/h9,16H,4,6H2,1-3H3,(H,13,15)/t9-/m0/s1. The first-order chi connectivity index (χ1) is 7.63. The maximum atomic E-state index is 9.08. The van der Waals surface area contributed by atoms with Crippen LogP contribution >= 0.6 is 0 Å². The highest BCUT2D eigenvalue weighted by Gasteiger charge is 2.13. The molecule has 5 heteroatoms. The molecule has 0 amide bonds. The van der Waals surface area contributed by atoms with Gasteiger partial charge in [0.15, 0.2) is 5.82 Å². The molecule has 0 aliphatic carbocycles. The van der Waals surface area contributed by atoms with Gasteiger partial charge in [0.1, 0.15) is 11.6 Å². The summed E-state index contributed by atoms with van der Waals surface area (Å²) in [6, 6.07) is 2.02. The first kappa shape index (κ1) is 12.4. The summed E-state index contributed by atoms with van der Waals surface area (Å²) in [7, 11) is 0. The highest BCUT2D eigenvalue weighted by atomic mass is 16.3. The van der Waals surface area contributed by atoms with Gasteiger partial charge >= 0.3 is 0 Å². The third-order valence-electron chi connectivity index (χ3n) is 2.62. The molecule has 0 saturated carbocycles. The Bertz CT molecular complexity index is 407. The molecule has 86 valence electrons. The minimum atomic E-state index is -0.0940. The van der Waals surface area contributed by atoms with E-state index in [1.807, 2.05) is 20.8 Å². The molecule has 0 unspecified atom stereocenters. The summed E-state index contributed by atoms with van der Waals surface area (Å²) in [5.74, 6) is 0.450. The average molecular weight is 220 g/mol. The average Bonchev–Trinajstić information content (AvgIpc) is 2.30. The van der Waals surface area contributed by atoms with Gasteiger partial charge in [-0.2, -0.15) is 10.4 Å². The maximum Gasteiger partial charge on any atom is 0.167 e. The number of hydrogen-bond donors (Lipinski definition) is 2. The number of nitrogens with one attached hydrogen (secondary N) is 1. The van der Waals surface area contributed by atoms with Crippen LogP contribution in [0.1, 0.15) is 30.2 Å². The molecule has 1 heterocycles. The van der Waals surface area contributed by atoms with Crippen molar-refractivity contribution in [1.29, 1.82) is 5.26 Å². The van der Waals surface area contributed by atoms with Gasteiger partial charge in [0.25, 0.3) is 0 Å². The Kier molecular flexibility index (Phi) is 4.20. The van der Waals surface area contributed by atoms with E-state index in [4.69, 9.17) is 10.4 Å². The molecule has 1 aromatic rings. The number of nitrogens with zero attached hydrogens (tertiary/aromatic N) is 3. The lowest BCUT2D eigenvalue weighted by atomic mass is 10.1. The molecule has 0 bridgehead atoms. The van der Waals surface area contributed by atoms with E-state index in [1.54, 1.807) is 0 Å². The first-order valence-electron chi connectivity index (χ1n) is 5.25. The lowest BCUT2D eigenvalue weighted by Crippen LogP contribution is -2.24. The molecule has 2 N–H and O–H groups in total. The highest BCUT2D eigenvalue weighted by Crippen LogP contribution is 2.18. The summed E-state index contributed by atoms with van der Waals surface area (Å²) in [5.41, 5.74) is 2.08. The summed E-state index contributed by atoms with van der Waals surface area (Å²) in [6.07, 6.45) is 0.760. The molecule has 1 atom stereocenters. The van der Waals surface area contributed by atoms with Crippen LogP contribution in [0.5, 0.6) is 0 Å². The van der Waals surface area contributed by atoms with Gasteiger partial charge in [-0.25, -0.2) is 0 Å². The monoisotopic (exact) mass is 220 g/mol. The molecule has 0 aliphatic rings. The van der Waals surface area contributed by atoms with Crippen LogP contribution in [-0.4, -0.2) is 28.0 Å². The number of rotatable bonds is 4. The van der Waals surface area contributed by atoms with Crippen LogP contribution in [0, 0.1) is 25.2 Å². The van der Waals surface area contributed by atoms with Crippen molar-refractivity contribution in [3.05, 3.63) is 16.8 Å². The Hall–Kier alpha value is -1.67. The van der Waals surface area contributed by atoms with Gasteiger partial charge in [0.2, 0.25) is 0 Å². The summed E-state index contributed by atoms with van der Waals surface area (Å²) in [5, 5.41) is 29.1. The summed E-state index contributed by atoms with van der Waals surface area (Å²) < 4.78 is 0. The molecular weight excluding hydrogens is 204 g/mol. The van der Waals surface area contributed by atoms with Gasteiger partial charge in [0.05, 0.1) is 18.3 Å². The summed E-state index contributed by atoms with van der Waals surface area (Å²) in [6.45, 7) is 5.62. The largest absolute Gasteiger partial charge is 0.394 e. The third kappa shape index (κ3) is 2.47. The topological polar surface area (TPSA) is 81.8 Å². The van der Waals surface area contributed by atoms with Crippen LogP contribution in [0.15, 0.2) is 0 Å². The van der Waals surface area contributed by atoms with Gasteiger partial charge in [-0.1, -0.05) is 6.92 Å². The van der Waals surface area contributed by atoms with Crippen molar-refractivity contribution in [3.63, 3.8) is 0 Å². The van der Waals surface area contributed by atoms with Gasteiger partial charge in [-0.05, 0) is 25.8 Å². The van der Waals surface area contributed by atoms with E-state index >= 15 is 0 Å². The Labute approximate surface area is 95.1 Å². The fraction of sp³-hybridized carbons (Fsp3) is 0.545. The number of aromatic nitrogens is 2. The zero-order valence-electron chi connectivity index (χ0n) is 9.78. The quantitative estimate of drug-likeness (QED) is 0.795. The number of aliphatic hydroxyl groups excluding tert-OH is 1. The molecule has 0 spiro atoms. The van der Waals surface area contributed by atoms with E-state index in [9.17, 15) is 0 Å². The van der Waals surface area contributed by atoms with Crippen molar-refractivity contribution in [2.24, 2.45) is 0 Å². The third-order valence-corrected chi connectivity index (χ3v) is 2.62. The van der Waals surface area contributed by atoms with E-state index in [0.717, 1.165) is 17.7 Å². The molecular formula is C11H16N4O. The molecule has 0 fully saturated rings. The molecule has 0 aromatic carbocycles. The molecule has 0 aliphatic heterocycles. The van der Waals surface area contributed by atoms with Crippen LogP contribution < -0.4 is 5.32 Å². The van der Waals surface area contributed by atoms with Crippen molar-refractivity contribution in [3.8, 4) is 6.07 Å². The van der Waals surface area contributed by atoms with Crippen LogP contribution in [0.4, 0.5) is 5.82 Å². The predicted octanol–water partition coefficient (Wildman–Crippen LogP) is 1.15. The lowest BCUT2D eigenvalue weighted by molar-refractivity contribution is 0.271. The number of hydrogen-bond acceptors (Lipinski definition) is 5. The Balaban J connectivity index is 3.06. The zero-order valence-corrected chi connectivity index (χ0v) is 9.78. The zero-order chi connectivity index (χ0) is 12.1. The molecule has 5 nitrogen and oxygen atoms in total. The molecule has 16 heavy (non-hydrogen) atoms. The lowest BCUT2D eigenvalue weighted by Gasteiger charge is -2.16. The van der Waals surface area contributed by atoms with Crippen LogP contribution in [0.2, 0.25) is 0 Å². The van der Waals surface area contributed by atoms with Crippen molar-refractivity contribution in [2.75, 3.05) is 11.9 Å². The second-order valence-electron chi connectivity index (χ2n) is 3.68. The van der Waals surface area contributed by atoms with Crippen LogP contribution in [0.3, 0.4) is 0 Å². The number of nitriles is 1. The van der Waals surface area contributed by atoms with Crippen LogP contribution in [0.25, 0.3) is 0 Å². The summed E-state index contributed by atoms with van der Waals surface area (Å²) in [4.78, 5) is 0. The van der Waals surface area contributed by atoms with E-state index < -0.39 is 0 Å². The Morgan fingerprint density at radius 2 is 2.12 bits per heavy atom. The maximum absolute atomic E-state index is 9.08. The number of aryl methyl sites for hydroxylation is 1. The van der Waals surface area contributed by atoms with Crippen molar-refractivity contribution in [2.45, 2.75) is 33.2 Å². The molecule has 1 aromatic heterocycles.